The van der Waals surface area contributed by atoms with Crippen molar-refractivity contribution in [2.45, 2.75) is 6.61 Å². The number of carbonyl (C=O) groups is 1. The number of aromatic nitrogens is 2. The maximum Gasteiger partial charge on any atom is 0.212 e. The van der Waals surface area contributed by atoms with Gasteiger partial charge >= 0.3 is 0 Å². The van der Waals surface area contributed by atoms with E-state index in [-0.39, 0.29) is 12.4 Å². The molecule has 4 nitrogen and oxygen atoms in total. The molecule has 4 heteroatoms. The first kappa shape index (κ1) is 15.3. The van der Waals surface area contributed by atoms with E-state index >= 15 is 0 Å². The van der Waals surface area contributed by atoms with Gasteiger partial charge in [0.05, 0.1) is 6.61 Å². The molecule has 2 aromatic heterocycles. The zero-order chi connectivity index (χ0) is 17.2. The number of benzene rings is 2. The van der Waals surface area contributed by atoms with E-state index in [1.807, 2.05) is 65.2 Å². The Morgan fingerprint density at radius 2 is 1.76 bits per heavy atom. The molecule has 0 saturated carbocycles. The molecular weight excluding hydrogens is 312 g/mol. The number of nitrogens with zero attached hydrogens (tertiary/aromatic N) is 2. The molecule has 0 aliphatic rings. The van der Waals surface area contributed by atoms with Gasteiger partial charge in [-0.1, -0.05) is 48.5 Å². The minimum Gasteiger partial charge on any atom is -0.392 e. The predicted molar refractivity (Wildman–Crippen MR) is 96.4 cm³/mol. The normalized spacial score (nSPS) is 10.9. The number of fused-ring (bicyclic) bond motifs is 1. The van der Waals surface area contributed by atoms with Crippen LogP contribution in [0, 0.1) is 0 Å². The van der Waals surface area contributed by atoms with E-state index in [1.54, 1.807) is 18.3 Å². The average Bonchev–Trinajstić information content (AvgIpc) is 3.11. The monoisotopic (exact) mass is 328 g/mol. The van der Waals surface area contributed by atoms with Crippen molar-refractivity contribution in [2.75, 3.05) is 0 Å². The van der Waals surface area contributed by atoms with Crippen LogP contribution >= 0.6 is 0 Å². The number of carbonyl (C=O) groups excluding carboxylic acids is 1. The Bertz CT molecular complexity index is 1050. The lowest BCUT2D eigenvalue weighted by Gasteiger charge is -2.04. The fourth-order valence-corrected chi connectivity index (χ4v) is 2.86. The van der Waals surface area contributed by atoms with Gasteiger partial charge in [-0.3, -0.25) is 4.79 Å². The molecule has 0 aliphatic heterocycles. The lowest BCUT2D eigenvalue weighted by atomic mass is 10.1. The van der Waals surface area contributed by atoms with Crippen molar-refractivity contribution in [1.82, 2.24) is 9.38 Å². The maximum absolute atomic E-state index is 12.6. The van der Waals surface area contributed by atoms with Crippen molar-refractivity contribution in [3.8, 4) is 11.1 Å². The molecule has 0 unspecified atom stereocenters. The first-order valence-corrected chi connectivity index (χ1v) is 8.03. The highest BCUT2D eigenvalue weighted by Gasteiger charge is 2.13. The molecule has 4 aromatic rings. The van der Waals surface area contributed by atoms with Crippen molar-refractivity contribution < 1.29 is 9.90 Å². The number of imidazole rings is 1. The van der Waals surface area contributed by atoms with Crippen LogP contribution in [0.1, 0.15) is 21.6 Å². The lowest BCUT2D eigenvalue weighted by Crippen LogP contribution is -2.00. The van der Waals surface area contributed by atoms with Crippen LogP contribution in [-0.4, -0.2) is 20.3 Å². The highest BCUT2D eigenvalue weighted by molar-refractivity contribution is 6.07. The first-order valence-electron chi connectivity index (χ1n) is 8.03. The molecular formula is C21H16N2O2. The van der Waals surface area contributed by atoms with Gasteiger partial charge in [-0.15, -0.1) is 0 Å². The zero-order valence-electron chi connectivity index (χ0n) is 13.5. The van der Waals surface area contributed by atoms with E-state index in [1.165, 1.54) is 0 Å². The molecule has 0 bridgehead atoms. The summed E-state index contributed by atoms with van der Waals surface area (Å²) in [4.78, 5) is 17.0. The summed E-state index contributed by atoms with van der Waals surface area (Å²) in [7, 11) is 0. The quantitative estimate of drug-likeness (QED) is 0.581. The van der Waals surface area contributed by atoms with E-state index in [0.717, 1.165) is 22.3 Å². The van der Waals surface area contributed by atoms with Gasteiger partial charge in [0.2, 0.25) is 5.78 Å². The van der Waals surface area contributed by atoms with Gasteiger partial charge in [-0.05, 0) is 34.9 Å². The van der Waals surface area contributed by atoms with Crippen LogP contribution in [0.5, 0.6) is 0 Å². The van der Waals surface area contributed by atoms with Crippen molar-refractivity contribution in [3.05, 3.63) is 95.9 Å². The molecule has 0 atom stereocenters. The second-order valence-electron chi connectivity index (χ2n) is 5.86. The van der Waals surface area contributed by atoms with Gasteiger partial charge in [0.25, 0.3) is 0 Å². The van der Waals surface area contributed by atoms with Crippen LogP contribution in [0.4, 0.5) is 0 Å². The first-order chi connectivity index (χ1) is 12.2. The van der Waals surface area contributed by atoms with Crippen molar-refractivity contribution >= 4 is 11.4 Å². The third-order valence-electron chi connectivity index (χ3n) is 4.16. The molecule has 0 fully saturated rings. The summed E-state index contributed by atoms with van der Waals surface area (Å²) in [6, 6.07) is 20.8. The number of hydrogen-bond donors (Lipinski definition) is 1. The summed E-state index contributed by atoms with van der Waals surface area (Å²) in [5.41, 5.74) is 4.65. The number of rotatable bonds is 4. The molecule has 0 amide bonds. The minimum absolute atomic E-state index is 0.0108. The van der Waals surface area contributed by atoms with Gasteiger partial charge in [0.15, 0.2) is 0 Å². The SMILES string of the molecule is O=C(c1ccccc1)c1cn2cc(-c3cccc(CO)c3)ccc2n1. The van der Waals surface area contributed by atoms with Gasteiger partial charge in [-0.25, -0.2) is 4.98 Å². The predicted octanol–water partition coefficient (Wildman–Crippen LogP) is 3.72. The number of aliphatic hydroxyl groups is 1. The van der Waals surface area contributed by atoms with Crippen LogP contribution in [0.3, 0.4) is 0 Å². The molecule has 0 aliphatic carbocycles. The van der Waals surface area contributed by atoms with Crippen LogP contribution in [-0.2, 0) is 6.61 Å². The molecule has 122 valence electrons. The molecule has 0 spiro atoms. The third-order valence-corrected chi connectivity index (χ3v) is 4.16. The molecule has 0 saturated heterocycles. The van der Waals surface area contributed by atoms with E-state index in [9.17, 15) is 9.90 Å². The highest BCUT2D eigenvalue weighted by atomic mass is 16.3. The molecule has 2 heterocycles. The van der Waals surface area contributed by atoms with Crippen molar-refractivity contribution in [3.63, 3.8) is 0 Å². The van der Waals surface area contributed by atoms with E-state index in [0.29, 0.717) is 11.3 Å². The van der Waals surface area contributed by atoms with Gasteiger partial charge in [0.1, 0.15) is 11.3 Å². The Labute approximate surface area is 145 Å². The van der Waals surface area contributed by atoms with Gasteiger partial charge in [0, 0.05) is 18.0 Å². The fraction of sp³-hybridized carbons (Fsp3) is 0.0476. The standard InChI is InChI=1S/C21H16N2O2/c24-14-15-5-4-8-17(11-15)18-9-10-20-22-19(13-23(20)12-18)21(25)16-6-2-1-3-7-16/h1-13,24H,14H2. The molecule has 2 aromatic carbocycles. The summed E-state index contributed by atoms with van der Waals surface area (Å²) in [6.45, 7) is 0.0108. The number of ketones is 1. The fourth-order valence-electron chi connectivity index (χ4n) is 2.86. The molecule has 25 heavy (non-hydrogen) atoms. The van der Waals surface area contributed by atoms with Gasteiger partial charge in [-0.2, -0.15) is 0 Å². The second kappa shape index (κ2) is 6.34. The molecule has 1 N–H and O–H groups in total. The minimum atomic E-state index is -0.0897. The Morgan fingerprint density at radius 3 is 2.56 bits per heavy atom. The average molecular weight is 328 g/mol. The van der Waals surface area contributed by atoms with Crippen molar-refractivity contribution in [1.29, 1.82) is 0 Å². The number of pyridine rings is 1. The van der Waals surface area contributed by atoms with Crippen LogP contribution in [0.15, 0.2) is 79.1 Å². The Morgan fingerprint density at radius 1 is 0.920 bits per heavy atom. The smallest absolute Gasteiger partial charge is 0.212 e. The zero-order valence-corrected chi connectivity index (χ0v) is 13.5. The largest absolute Gasteiger partial charge is 0.392 e. The number of aliphatic hydroxyl groups excluding tert-OH is 1. The summed E-state index contributed by atoms with van der Waals surface area (Å²) < 4.78 is 1.86. The Balaban J connectivity index is 1.73. The van der Waals surface area contributed by atoms with E-state index in [4.69, 9.17) is 0 Å². The lowest BCUT2D eigenvalue weighted by molar-refractivity contribution is 0.103. The Hall–Kier alpha value is -3.24. The van der Waals surface area contributed by atoms with E-state index < -0.39 is 0 Å². The summed E-state index contributed by atoms with van der Waals surface area (Å²) in [5, 5.41) is 9.30. The van der Waals surface area contributed by atoms with Crippen LogP contribution < -0.4 is 0 Å². The highest BCUT2D eigenvalue weighted by Crippen LogP contribution is 2.22. The molecule has 4 rings (SSSR count). The second-order valence-corrected chi connectivity index (χ2v) is 5.86. The topological polar surface area (TPSA) is 54.6 Å². The van der Waals surface area contributed by atoms with Crippen LogP contribution in [0.25, 0.3) is 16.8 Å². The molecule has 0 radical (unpaired) electrons. The van der Waals surface area contributed by atoms with Gasteiger partial charge < -0.3 is 9.51 Å². The summed E-state index contributed by atoms with van der Waals surface area (Å²) in [5.74, 6) is -0.0897. The van der Waals surface area contributed by atoms with Crippen molar-refractivity contribution in [2.24, 2.45) is 0 Å². The summed E-state index contributed by atoms with van der Waals surface area (Å²) >= 11 is 0. The third kappa shape index (κ3) is 2.95. The Kier molecular flexibility index (Phi) is 3.88. The van der Waals surface area contributed by atoms with E-state index in [2.05, 4.69) is 4.98 Å². The number of hydrogen-bond acceptors (Lipinski definition) is 3. The summed E-state index contributed by atoms with van der Waals surface area (Å²) in [6.07, 6.45) is 3.70. The maximum atomic E-state index is 12.6. The van der Waals surface area contributed by atoms with Crippen LogP contribution in [0.2, 0.25) is 0 Å².